The van der Waals surface area contributed by atoms with E-state index in [1.54, 1.807) is 11.8 Å². The summed E-state index contributed by atoms with van der Waals surface area (Å²) >= 11 is 0. The minimum atomic E-state index is -0.982. The third-order valence-electron chi connectivity index (χ3n) is 4.32. The van der Waals surface area contributed by atoms with Crippen LogP contribution in [0.4, 0.5) is 0 Å². The smallest absolute Gasteiger partial charge is 0.329 e. The number of aliphatic carboxylic acids is 1. The van der Waals surface area contributed by atoms with Gasteiger partial charge < -0.3 is 15.3 Å². The highest BCUT2D eigenvalue weighted by Gasteiger charge is 2.45. The molecule has 0 saturated carbocycles. The molecule has 5 heteroatoms. The van der Waals surface area contributed by atoms with Crippen molar-refractivity contribution in [1.29, 1.82) is 0 Å². The molecule has 102 valence electrons. The van der Waals surface area contributed by atoms with Crippen LogP contribution in [-0.4, -0.2) is 47.1 Å². The Balaban J connectivity index is 1.97. The molecule has 2 heterocycles. The Labute approximate surface area is 108 Å². The van der Waals surface area contributed by atoms with Crippen molar-refractivity contribution in [3.63, 3.8) is 0 Å². The lowest BCUT2D eigenvalue weighted by Gasteiger charge is -2.33. The Bertz CT molecular complexity index is 339. The number of amides is 1. The second kappa shape index (κ2) is 5.26. The van der Waals surface area contributed by atoms with Crippen LogP contribution in [0, 0.1) is 5.92 Å². The molecule has 1 unspecified atom stereocenters. The largest absolute Gasteiger partial charge is 0.480 e. The molecule has 0 aromatic heterocycles. The normalized spacial score (nSPS) is 29.5. The average molecular weight is 254 g/mol. The zero-order chi connectivity index (χ0) is 13.2. The Morgan fingerprint density at radius 2 is 2.06 bits per heavy atom. The number of rotatable bonds is 3. The minimum Gasteiger partial charge on any atom is -0.480 e. The van der Waals surface area contributed by atoms with Crippen LogP contribution in [0.3, 0.4) is 0 Å². The molecule has 2 saturated heterocycles. The van der Waals surface area contributed by atoms with E-state index in [1.807, 2.05) is 0 Å². The van der Waals surface area contributed by atoms with Gasteiger partial charge in [0.2, 0.25) is 5.91 Å². The molecule has 2 aliphatic rings. The van der Waals surface area contributed by atoms with E-state index in [4.69, 9.17) is 0 Å². The third-order valence-corrected chi connectivity index (χ3v) is 4.32. The molecule has 0 radical (unpaired) electrons. The summed E-state index contributed by atoms with van der Waals surface area (Å²) in [5.41, 5.74) is -0.982. The van der Waals surface area contributed by atoms with Crippen LogP contribution in [0.5, 0.6) is 0 Å². The van der Waals surface area contributed by atoms with Crippen molar-refractivity contribution < 1.29 is 14.7 Å². The van der Waals surface area contributed by atoms with E-state index in [9.17, 15) is 14.7 Å². The molecular formula is C13H22N2O3. The molecule has 0 bridgehead atoms. The first-order chi connectivity index (χ1) is 8.54. The number of carbonyl (C=O) groups is 2. The third kappa shape index (κ3) is 2.51. The van der Waals surface area contributed by atoms with Crippen LogP contribution in [0.2, 0.25) is 0 Å². The van der Waals surface area contributed by atoms with Gasteiger partial charge in [0.1, 0.15) is 5.54 Å². The number of hydrogen-bond acceptors (Lipinski definition) is 3. The van der Waals surface area contributed by atoms with Crippen molar-refractivity contribution >= 4 is 11.9 Å². The Morgan fingerprint density at radius 3 is 2.67 bits per heavy atom. The van der Waals surface area contributed by atoms with Crippen molar-refractivity contribution in [3.05, 3.63) is 0 Å². The van der Waals surface area contributed by atoms with Crippen molar-refractivity contribution in [2.75, 3.05) is 19.6 Å². The lowest BCUT2D eigenvalue weighted by Crippen LogP contribution is -2.51. The zero-order valence-corrected chi connectivity index (χ0v) is 10.9. The summed E-state index contributed by atoms with van der Waals surface area (Å²) in [6.07, 6.45) is 3.90. The van der Waals surface area contributed by atoms with E-state index in [1.165, 1.54) is 0 Å². The van der Waals surface area contributed by atoms with Crippen molar-refractivity contribution in [3.8, 4) is 0 Å². The molecule has 18 heavy (non-hydrogen) atoms. The van der Waals surface area contributed by atoms with Gasteiger partial charge in [-0.2, -0.15) is 0 Å². The number of piperidine rings is 1. The fourth-order valence-electron chi connectivity index (χ4n) is 3.03. The molecule has 1 amide bonds. The minimum absolute atomic E-state index is 0.0179. The van der Waals surface area contributed by atoms with Gasteiger partial charge in [-0.05, 0) is 51.6 Å². The molecule has 0 aromatic rings. The van der Waals surface area contributed by atoms with E-state index in [2.05, 4.69) is 5.32 Å². The van der Waals surface area contributed by atoms with Crippen LogP contribution < -0.4 is 5.32 Å². The number of carboxylic acid groups (broad SMARTS) is 1. The van der Waals surface area contributed by atoms with E-state index in [0.29, 0.717) is 25.3 Å². The molecule has 2 aliphatic heterocycles. The fourth-order valence-corrected chi connectivity index (χ4v) is 3.03. The first-order valence-corrected chi connectivity index (χ1v) is 6.78. The van der Waals surface area contributed by atoms with Crippen LogP contribution in [0.1, 0.15) is 39.0 Å². The highest BCUT2D eigenvalue weighted by molar-refractivity contribution is 5.87. The molecule has 5 nitrogen and oxygen atoms in total. The maximum absolute atomic E-state index is 12.3. The molecule has 2 rings (SSSR count). The van der Waals surface area contributed by atoms with E-state index in [0.717, 1.165) is 32.4 Å². The van der Waals surface area contributed by atoms with Gasteiger partial charge in [-0.25, -0.2) is 4.79 Å². The van der Waals surface area contributed by atoms with Gasteiger partial charge in [0.15, 0.2) is 0 Å². The number of nitrogens with zero attached hydrogens (tertiary/aromatic N) is 1. The van der Waals surface area contributed by atoms with Gasteiger partial charge in [-0.3, -0.25) is 4.79 Å². The zero-order valence-electron chi connectivity index (χ0n) is 10.9. The molecule has 1 atom stereocenters. The predicted molar refractivity (Wildman–Crippen MR) is 67.2 cm³/mol. The number of hydrogen-bond donors (Lipinski definition) is 2. The quantitative estimate of drug-likeness (QED) is 0.783. The molecular weight excluding hydrogens is 232 g/mol. The van der Waals surface area contributed by atoms with Gasteiger partial charge in [0.25, 0.3) is 0 Å². The maximum atomic E-state index is 12.3. The Hall–Kier alpha value is -1.10. The monoisotopic (exact) mass is 254 g/mol. The summed E-state index contributed by atoms with van der Waals surface area (Å²) in [7, 11) is 0. The van der Waals surface area contributed by atoms with Crippen LogP contribution in [0.15, 0.2) is 0 Å². The van der Waals surface area contributed by atoms with E-state index >= 15 is 0 Å². The van der Waals surface area contributed by atoms with Gasteiger partial charge in [0, 0.05) is 13.0 Å². The number of nitrogens with one attached hydrogen (secondary N) is 1. The highest BCUT2D eigenvalue weighted by Crippen LogP contribution is 2.31. The van der Waals surface area contributed by atoms with Crippen molar-refractivity contribution in [2.45, 2.75) is 44.6 Å². The summed E-state index contributed by atoms with van der Waals surface area (Å²) in [5, 5.41) is 12.6. The first-order valence-electron chi connectivity index (χ1n) is 6.78. The number of carboxylic acids is 1. The molecule has 2 fully saturated rings. The maximum Gasteiger partial charge on any atom is 0.329 e. The SMILES string of the molecule is CC1(C(=O)O)CCCN1C(=O)CC1CCNCC1. The van der Waals surface area contributed by atoms with Crippen molar-refractivity contribution in [1.82, 2.24) is 10.2 Å². The topological polar surface area (TPSA) is 69.6 Å². The summed E-state index contributed by atoms with van der Waals surface area (Å²) < 4.78 is 0. The summed E-state index contributed by atoms with van der Waals surface area (Å²) in [4.78, 5) is 25.2. The summed E-state index contributed by atoms with van der Waals surface area (Å²) in [6.45, 7) is 4.19. The standard InChI is InChI=1S/C13H22N2O3/c1-13(12(17)18)5-2-8-15(13)11(16)9-10-3-6-14-7-4-10/h10,14H,2-9H2,1H3,(H,17,18). The van der Waals surface area contributed by atoms with Gasteiger partial charge in [-0.1, -0.05) is 0 Å². The Kier molecular flexibility index (Phi) is 3.90. The van der Waals surface area contributed by atoms with Crippen LogP contribution in [-0.2, 0) is 9.59 Å². The van der Waals surface area contributed by atoms with Crippen LogP contribution >= 0.6 is 0 Å². The Morgan fingerprint density at radius 1 is 1.39 bits per heavy atom. The lowest BCUT2D eigenvalue weighted by molar-refractivity contribution is -0.155. The predicted octanol–water partition coefficient (Wildman–Crippen LogP) is 0.842. The average Bonchev–Trinajstić information content (AvgIpc) is 2.74. The van der Waals surface area contributed by atoms with Crippen molar-refractivity contribution in [2.24, 2.45) is 5.92 Å². The lowest BCUT2D eigenvalue weighted by atomic mass is 9.92. The summed E-state index contributed by atoms with van der Waals surface area (Å²) in [6, 6.07) is 0. The molecule has 2 N–H and O–H groups in total. The van der Waals surface area contributed by atoms with Gasteiger partial charge in [-0.15, -0.1) is 0 Å². The summed E-state index contributed by atoms with van der Waals surface area (Å²) in [5.74, 6) is -0.444. The van der Waals surface area contributed by atoms with E-state index in [-0.39, 0.29) is 5.91 Å². The molecule has 0 aliphatic carbocycles. The molecule has 0 spiro atoms. The number of likely N-dealkylation sites (tertiary alicyclic amines) is 1. The second-order valence-electron chi connectivity index (χ2n) is 5.63. The first kappa shape index (κ1) is 13.3. The highest BCUT2D eigenvalue weighted by atomic mass is 16.4. The van der Waals surface area contributed by atoms with Gasteiger partial charge >= 0.3 is 5.97 Å². The fraction of sp³-hybridized carbons (Fsp3) is 0.846. The van der Waals surface area contributed by atoms with Gasteiger partial charge in [0.05, 0.1) is 0 Å². The number of carbonyl (C=O) groups excluding carboxylic acids is 1. The second-order valence-corrected chi connectivity index (χ2v) is 5.63. The molecule has 0 aromatic carbocycles. The van der Waals surface area contributed by atoms with Crippen LogP contribution in [0.25, 0.3) is 0 Å². The van der Waals surface area contributed by atoms with E-state index < -0.39 is 11.5 Å².